The molecule has 0 atom stereocenters. The van der Waals surface area contributed by atoms with Crippen molar-refractivity contribution in [3.8, 4) is 0 Å². The Balaban J connectivity index is 1.49. The lowest BCUT2D eigenvalue weighted by molar-refractivity contribution is -0.384. The molecule has 0 aromatic heterocycles. The fourth-order valence-corrected chi connectivity index (χ4v) is 3.53. The van der Waals surface area contributed by atoms with Crippen molar-refractivity contribution in [2.45, 2.75) is 32.7 Å². The number of likely N-dealkylation sites (tertiary alicyclic amines) is 1. The first-order chi connectivity index (χ1) is 14.1. The van der Waals surface area contributed by atoms with Crippen molar-refractivity contribution in [2.75, 3.05) is 13.1 Å². The van der Waals surface area contributed by atoms with Crippen molar-refractivity contribution in [3.05, 3.63) is 75.8 Å². The monoisotopic (exact) mass is 394 g/mol. The van der Waals surface area contributed by atoms with Crippen LogP contribution in [-0.4, -0.2) is 34.5 Å². The minimum Gasteiger partial charge on any atom is -0.299 e. The molecule has 2 aromatic rings. The number of carbonyl (C=O) groups excluding carboxylic acids is 1. The summed E-state index contributed by atoms with van der Waals surface area (Å²) in [4.78, 5) is 25.1. The van der Waals surface area contributed by atoms with Crippen LogP contribution < -0.4 is 5.43 Å². The van der Waals surface area contributed by atoms with Crippen LogP contribution in [0.2, 0.25) is 0 Å². The Bertz CT molecular complexity index is 857. The van der Waals surface area contributed by atoms with Crippen molar-refractivity contribution in [2.24, 2.45) is 11.0 Å². The maximum atomic E-state index is 12.5. The maximum absolute atomic E-state index is 12.5. The van der Waals surface area contributed by atoms with Crippen LogP contribution in [0, 0.1) is 16.0 Å². The summed E-state index contributed by atoms with van der Waals surface area (Å²) in [6.45, 7) is 4.39. The van der Waals surface area contributed by atoms with Crippen LogP contribution in [0.15, 0.2) is 59.7 Å². The molecule has 29 heavy (non-hydrogen) atoms. The Hall–Kier alpha value is -3.06. The molecule has 152 valence electrons. The van der Waals surface area contributed by atoms with Crippen LogP contribution in [0.3, 0.4) is 0 Å². The van der Waals surface area contributed by atoms with Crippen LogP contribution >= 0.6 is 0 Å². The van der Waals surface area contributed by atoms with Crippen molar-refractivity contribution >= 4 is 17.3 Å². The third-order valence-electron chi connectivity index (χ3n) is 5.25. The maximum Gasteiger partial charge on any atom is 0.269 e. The molecule has 1 aliphatic heterocycles. The molecule has 0 aliphatic carbocycles. The van der Waals surface area contributed by atoms with E-state index in [4.69, 9.17) is 0 Å². The molecule has 0 spiro atoms. The quantitative estimate of drug-likeness (QED) is 0.440. The zero-order valence-corrected chi connectivity index (χ0v) is 16.6. The largest absolute Gasteiger partial charge is 0.299 e. The summed E-state index contributed by atoms with van der Waals surface area (Å²) in [6, 6.07) is 16.5. The number of nitrogens with one attached hydrogen (secondary N) is 1. The molecule has 1 amide bonds. The summed E-state index contributed by atoms with van der Waals surface area (Å²) in [5.41, 5.74) is 5.79. The van der Waals surface area contributed by atoms with Gasteiger partial charge in [0.05, 0.1) is 10.6 Å². The minimum absolute atomic E-state index is 0.0260. The van der Waals surface area contributed by atoms with E-state index < -0.39 is 4.92 Å². The number of benzene rings is 2. The Morgan fingerprint density at radius 3 is 2.38 bits per heavy atom. The number of nitro benzene ring substituents is 1. The van der Waals surface area contributed by atoms with Gasteiger partial charge in [0.15, 0.2) is 0 Å². The lowest BCUT2D eigenvalue weighted by Gasteiger charge is -2.30. The van der Waals surface area contributed by atoms with E-state index in [1.165, 1.54) is 12.1 Å². The lowest BCUT2D eigenvalue weighted by Crippen LogP contribution is -2.39. The fourth-order valence-electron chi connectivity index (χ4n) is 3.53. The van der Waals surface area contributed by atoms with Gasteiger partial charge in [0.1, 0.15) is 0 Å². The second kappa shape index (κ2) is 9.93. The highest BCUT2D eigenvalue weighted by atomic mass is 16.6. The summed E-state index contributed by atoms with van der Waals surface area (Å²) < 4.78 is 0. The van der Waals surface area contributed by atoms with Gasteiger partial charge in [-0.25, -0.2) is 5.43 Å². The standard InChI is InChI=1S/C22H26N4O3/c1-2-21(18-6-4-3-5-7-18)23-24-22(27)19-12-14-25(15-13-19)16-17-8-10-20(11-9-17)26(28)29/h3-11,19H,2,12-16H2,1H3,(H,24,27)/b23-21+. The van der Waals surface area contributed by atoms with E-state index in [0.29, 0.717) is 0 Å². The molecule has 1 N–H and O–H groups in total. The van der Waals surface area contributed by atoms with E-state index in [1.807, 2.05) is 37.3 Å². The summed E-state index contributed by atoms with van der Waals surface area (Å²) >= 11 is 0. The number of nitro groups is 1. The van der Waals surface area contributed by atoms with Gasteiger partial charge in [-0.05, 0) is 43.5 Å². The molecular weight excluding hydrogens is 368 g/mol. The first-order valence-corrected chi connectivity index (χ1v) is 9.94. The first-order valence-electron chi connectivity index (χ1n) is 9.94. The van der Waals surface area contributed by atoms with Gasteiger partial charge in [-0.1, -0.05) is 49.4 Å². The summed E-state index contributed by atoms with van der Waals surface area (Å²) in [5, 5.41) is 15.1. The van der Waals surface area contributed by atoms with E-state index in [-0.39, 0.29) is 17.5 Å². The molecule has 1 aliphatic rings. The van der Waals surface area contributed by atoms with Crippen LogP contribution in [-0.2, 0) is 11.3 Å². The Labute approximate surface area is 170 Å². The average molecular weight is 394 g/mol. The summed E-state index contributed by atoms with van der Waals surface area (Å²) in [6.07, 6.45) is 2.31. The van der Waals surface area contributed by atoms with Gasteiger partial charge in [-0.3, -0.25) is 19.8 Å². The number of rotatable bonds is 7. The number of hydrazone groups is 1. The molecule has 0 radical (unpaired) electrons. The van der Waals surface area contributed by atoms with Crippen LogP contribution in [0.4, 0.5) is 5.69 Å². The molecule has 1 heterocycles. The predicted molar refractivity (Wildman–Crippen MR) is 113 cm³/mol. The van der Waals surface area contributed by atoms with Crippen LogP contribution in [0.25, 0.3) is 0 Å². The number of amides is 1. The normalized spacial score (nSPS) is 15.8. The molecule has 1 fully saturated rings. The molecule has 7 heteroatoms. The van der Waals surface area contributed by atoms with E-state index in [0.717, 1.165) is 55.7 Å². The molecule has 2 aromatic carbocycles. The smallest absolute Gasteiger partial charge is 0.269 e. The third-order valence-corrected chi connectivity index (χ3v) is 5.25. The minimum atomic E-state index is -0.391. The Kier molecular flexibility index (Phi) is 7.08. The van der Waals surface area contributed by atoms with Gasteiger partial charge < -0.3 is 0 Å². The molecule has 0 saturated carbocycles. The third kappa shape index (κ3) is 5.71. The topological polar surface area (TPSA) is 87.8 Å². The van der Waals surface area contributed by atoms with Crippen molar-refractivity contribution in [1.29, 1.82) is 0 Å². The molecule has 1 saturated heterocycles. The van der Waals surface area contributed by atoms with E-state index in [1.54, 1.807) is 12.1 Å². The SMILES string of the molecule is CC/C(=N\NC(=O)C1CCN(Cc2ccc([N+](=O)[O-])cc2)CC1)c1ccccc1. The van der Waals surface area contributed by atoms with Crippen molar-refractivity contribution in [3.63, 3.8) is 0 Å². The van der Waals surface area contributed by atoms with E-state index in [9.17, 15) is 14.9 Å². The number of non-ortho nitro benzene ring substituents is 1. The molecular formula is C22H26N4O3. The highest BCUT2D eigenvalue weighted by Crippen LogP contribution is 2.20. The highest BCUT2D eigenvalue weighted by Gasteiger charge is 2.25. The molecule has 0 unspecified atom stereocenters. The van der Waals surface area contributed by atoms with Gasteiger partial charge in [0, 0.05) is 24.6 Å². The number of piperidine rings is 1. The lowest BCUT2D eigenvalue weighted by atomic mass is 9.96. The Morgan fingerprint density at radius 1 is 1.14 bits per heavy atom. The van der Waals surface area contributed by atoms with Gasteiger partial charge in [-0.15, -0.1) is 0 Å². The summed E-state index contributed by atoms with van der Waals surface area (Å²) in [7, 11) is 0. The zero-order chi connectivity index (χ0) is 20.6. The first kappa shape index (κ1) is 20.7. The number of nitrogens with zero attached hydrogens (tertiary/aromatic N) is 3. The number of hydrogen-bond acceptors (Lipinski definition) is 5. The van der Waals surface area contributed by atoms with Gasteiger partial charge in [0.25, 0.3) is 5.69 Å². The molecule has 7 nitrogen and oxygen atoms in total. The second-order valence-electron chi connectivity index (χ2n) is 7.23. The van der Waals surface area contributed by atoms with Crippen LogP contribution in [0.5, 0.6) is 0 Å². The van der Waals surface area contributed by atoms with Crippen LogP contribution in [0.1, 0.15) is 37.3 Å². The van der Waals surface area contributed by atoms with Crippen molar-refractivity contribution in [1.82, 2.24) is 10.3 Å². The van der Waals surface area contributed by atoms with Gasteiger partial charge >= 0.3 is 0 Å². The predicted octanol–water partition coefficient (Wildman–Crippen LogP) is 3.74. The zero-order valence-electron chi connectivity index (χ0n) is 16.6. The Morgan fingerprint density at radius 2 is 1.79 bits per heavy atom. The van der Waals surface area contributed by atoms with Gasteiger partial charge in [0.2, 0.25) is 5.91 Å². The van der Waals surface area contributed by atoms with Crippen molar-refractivity contribution < 1.29 is 9.72 Å². The molecule has 3 rings (SSSR count). The number of hydrogen-bond donors (Lipinski definition) is 1. The second-order valence-corrected chi connectivity index (χ2v) is 7.23. The fraction of sp³-hybridized carbons (Fsp3) is 0.364. The van der Waals surface area contributed by atoms with E-state index >= 15 is 0 Å². The average Bonchev–Trinajstić information content (AvgIpc) is 2.75. The highest BCUT2D eigenvalue weighted by molar-refractivity contribution is 6.00. The summed E-state index contributed by atoms with van der Waals surface area (Å²) in [5.74, 6) is -0.0670. The molecule has 0 bridgehead atoms. The van der Waals surface area contributed by atoms with E-state index in [2.05, 4.69) is 15.4 Å². The van der Waals surface area contributed by atoms with Gasteiger partial charge in [-0.2, -0.15) is 5.10 Å². The number of carbonyl (C=O) groups is 1.